The highest BCUT2D eigenvalue weighted by atomic mass is 32.1. The molecule has 0 radical (unpaired) electrons. The first-order valence-corrected chi connectivity index (χ1v) is 2.54. The highest BCUT2D eigenvalue weighted by molar-refractivity contribution is 8.00. The Kier molecular flexibility index (Phi) is 19.8. The number of thiocarbonyl (C=S) groups is 1. The summed E-state index contributed by atoms with van der Waals surface area (Å²) in [4.78, 5) is 0. The Morgan fingerprint density at radius 1 is 1.75 bits per heavy atom. The van der Waals surface area contributed by atoms with Crippen LogP contribution in [-0.4, -0.2) is 16.3 Å². The van der Waals surface area contributed by atoms with E-state index in [0.29, 0.717) is 4.32 Å². The van der Waals surface area contributed by atoms with Gasteiger partial charge in [-0.1, -0.05) is 4.32 Å². The molecule has 0 saturated heterocycles. The van der Waals surface area contributed by atoms with Crippen LogP contribution in [0.5, 0.6) is 0 Å². The molecule has 8 heavy (non-hydrogen) atoms. The van der Waals surface area contributed by atoms with Crippen molar-refractivity contribution in [1.82, 2.24) is 11.5 Å². The Bertz CT molecular complexity index is 59.2. The second-order valence-corrected chi connectivity index (χ2v) is 1.89. The van der Waals surface area contributed by atoms with Crippen LogP contribution in [0.15, 0.2) is 0 Å². The van der Waals surface area contributed by atoms with Crippen LogP contribution in [0.25, 0.3) is 0 Å². The second-order valence-electron chi connectivity index (χ2n) is 0.818. The van der Waals surface area contributed by atoms with Crippen molar-refractivity contribution in [2.24, 2.45) is 0 Å². The molecule has 0 aromatic heterocycles. The summed E-state index contributed by atoms with van der Waals surface area (Å²) >= 11 is 9.00. The Balaban J connectivity index is -0.000000125. The first-order chi connectivity index (χ1) is 2.77. The fourth-order valence-corrected chi connectivity index (χ4v) is 0.433. The number of rotatable bonds is 1. The second kappa shape index (κ2) is 10.1. The lowest BCUT2D eigenvalue weighted by molar-refractivity contribution is 0.824. The van der Waals surface area contributed by atoms with E-state index in [-0.39, 0.29) is 11.6 Å². The maximum atomic E-state index is 4.50. The summed E-state index contributed by atoms with van der Waals surface area (Å²) < 4.78 is 0.456. The van der Waals surface area contributed by atoms with Gasteiger partial charge in [0.05, 0.1) is 0 Å². The molecule has 0 aliphatic rings. The average Bonchev–Trinajstić information content (AvgIpc) is 1.35. The van der Waals surface area contributed by atoms with E-state index >= 15 is 0 Å². The average molecular weight is 156 g/mol. The number of quaternary nitrogens is 1. The lowest BCUT2D eigenvalue weighted by atomic mass is 10.8. The number of hydrogen-bond acceptors (Lipinski definition) is 2. The lowest BCUT2D eigenvalue weighted by Gasteiger charge is -2.03. The van der Waals surface area contributed by atoms with E-state index in [1.807, 2.05) is 6.92 Å². The maximum absolute atomic E-state index is 4.50. The molecule has 3 nitrogen and oxygen atoms in total. The minimum atomic E-state index is 0. The molecule has 7 N–H and O–H groups in total. The van der Waals surface area contributed by atoms with Crippen LogP contribution in [0, 0.1) is 0 Å². The molecule has 5 heteroatoms. The van der Waals surface area contributed by atoms with E-state index in [1.165, 1.54) is 0 Å². The van der Waals surface area contributed by atoms with Crippen LogP contribution in [-0.2, 0) is 12.6 Å². The van der Waals surface area contributed by atoms with Gasteiger partial charge in [-0.05, 0) is 6.92 Å². The van der Waals surface area contributed by atoms with E-state index in [2.05, 4.69) is 30.2 Å². The fraction of sp³-hybridized carbons (Fsp3) is 0.667. The zero-order valence-electron chi connectivity index (χ0n) is 5.02. The van der Waals surface area contributed by atoms with Crippen LogP contribution >= 0.6 is 12.2 Å². The normalized spacial score (nSPS) is 5.62. The topological polar surface area (TPSA) is 80.0 Å². The van der Waals surface area contributed by atoms with Gasteiger partial charge < -0.3 is 41.8 Å². The van der Waals surface area contributed by atoms with Crippen LogP contribution in [0.3, 0.4) is 0 Å². The molecule has 0 heterocycles. The van der Waals surface area contributed by atoms with Crippen LogP contribution < -0.4 is 11.5 Å². The van der Waals surface area contributed by atoms with Crippen molar-refractivity contribution in [3.63, 3.8) is 0 Å². The monoisotopic (exact) mass is 156 g/mol. The quantitative estimate of drug-likeness (QED) is 0.413. The van der Waals surface area contributed by atoms with E-state index in [9.17, 15) is 0 Å². The predicted octanol–water partition coefficient (Wildman–Crippen LogP) is -0.0208. The SMILES string of the molecule is CCNC(=S)[S-].O.[NH4+]. The lowest BCUT2D eigenvalue weighted by Crippen LogP contribution is -2.16. The third-order valence-electron chi connectivity index (χ3n) is 0.321. The molecule has 0 saturated carbocycles. The largest absolute Gasteiger partial charge is 0.412 e. The van der Waals surface area contributed by atoms with Crippen LogP contribution in [0.4, 0.5) is 0 Å². The molecule has 0 bridgehead atoms. The first-order valence-electron chi connectivity index (χ1n) is 1.72. The number of hydrogen-bond donors (Lipinski definition) is 2. The summed E-state index contributed by atoms with van der Waals surface area (Å²) in [6, 6.07) is 0. The van der Waals surface area contributed by atoms with Gasteiger partial charge in [0.1, 0.15) is 0 Å². The Hall–Kier alpha value is 0.0300. The summed E-state index contributed by atoms with van der Waals surface area (Å²) in [5.41, 5.74) is 0. The molecular formula is C3H12N2OS2. The summed E-state index contributed by atoms with van der Waals surface area (Å²) in [5.74, 6) is 0. The van der Waals surface area contributed by atoms with Crippen molar-refractivity contribution in [1.29, 1.82) is 0 Å². The minimum absolute atomic E-state index is 0. The van der Waals surface area contributed by atoms with Gasteiger partial charge in [0.25, 0.3) is 0 Å². The summed E-state index contributed by atoms with van der Waals surface area (Å²) in [6.45, 7) is 2.79. The molecular weight excluding hydrogens is 144 g/mol. The first kappa shape index (κ1) is 15.7. The van der Waals surface area contributed by atoms with Crippen LogP contribution in [0.2, 0.25) is 0 Å². The summed E-state index contributed by atoms with van der Waals surface area (Å²) in [5, 5.41) is 2.75. The zero-order chi connectivity index (χ0) is 4.99. The van der Waals surface area contributed by atoms with E-state index in [1.54, 1.807) is 0 Å². The van der Waals surface area contributed by atoms with Gasteiger partial charge in [0.2, 0.25) is 0 Å². The molecule has 0 aromatic carbocycles. The Morgan fingerprint density at radius 2 is 2.12 bits per heavy atom. The van der Waals surface area contributed by atoms with E-state index in [0.717, 1.165) is 6.54 Å². The molecule has 52 valence electrons. The highest BCUT2D eigenvalue weighted by Gasteiger charge is 1.63. The van der Waals surface area contributed by atoms with Crippen molar-refractivity contribution in [3.8, 4) is 0 Å². The molecule has 0 aliphatic heterocycles. The van der Waals surface area contributed by atoms with E-state index in [4.69, 9.17) is 0 Å². The smallest absolute Gasteiger partial charge is 0.0103 e. The van der Waals surface area contributed by atoms with Crippen molar-refractivity contribution in [2.75, 3.05) is 6.54 Å². The fourth-order valence-electron chi connectivity index (χ4n) is 0.144. The summed E-state index contributed by atoms with van der Waals surface area (Å²) in [7, 11) is 0. The summed E-state index contributed by atoms with van der Waals surface area (Å²) in [6.07, 6.45) is 0. The molecule has 0 fully saturated rings. The Labute approximate surface area is 60.1 Å². The van der Waals surface area contributed by atoms with Gasteiger partial charge in [0.15, 0.2) is 0 Å². The zero-order valence-corrected chi connectivity index (χ0v) is 6.66. The van der Waals surface area contributed by atoms with Gasteiger partial charge in [-0.2, -0.15) is 0 Å². The van der Waals surface area contributed by atoms with Gasteiger partial charge in [-0.25, -0.2) is 0 Å². The van der Waals surface area contributed by atoms with Crippen molar-refractivity contribution >= 4 is 29.2 Å². The van der Waals surface area contributed by atoms with Crippen molar-refractivity contribution < 1.29 is 5.48 Å². The molecule has 0 spiro atoms. The van der Waals surface area contributed by atoms with Gasteiger partial charge in [0, 0.05) is 6.54 Å². The maximum Gasteiger partial charge on any atom is 0.0103 e. The van der Waals surface area contributed by atoms with Crippen LogP contribution in [0.1, 0.15) is 6.92 Å². The molecule has 0 atom stereocenters. The standard InChI is InChI=1S/C3H7NS2.H3N.H2O/c1-2-4-3(5)6;;/h2H2,1H3,(H2,4,5,6);1H3;1H2. The van der Waals surface area contributed by atoms with Crippen molar-refractivity contribution in [3.05, 3.63) is 0 Å². The van der Waals surface area contributed by atoms with Gasteiger partial charge in [-0.3, -0.25) is 0 Å². The highest BCUT2D eigenvalue weighted by Crippen LogP contribution is 1.60. The number of nitrogens with one attached hydrogen (secondary N) is 1. The van der Waals surface area contributed by atoms with E-state index < -0.39 is 0 Å². The molecule has 0 aliphatic carbocycles. The molecule has 0 amide bonds. The third kappa shape index (κ3) is 16.6. The molecule has 0 rings (SSSR count). The molecule has 0 aromatic rings. The van der Waals surface area contributed by atoms with Gasteiger partial charge in [-0.15, -0.1) is 0 Å². The Morgan fingerprint density at radius 3 is 2.12 bits per heavy atom. The van der Waals surface area contributed by atoms with Gasteiger partial charge >= 0.3 is 0 Å². The minimum Gasteiger partial charge on any atom is -0.412 e. The third-order valence-corrected chi connectivity index (χ3v) is 0.610. The molecule has 0 unspecified atom stereocenters. The van der Waals surface area contributed by atoms with Crippen molar-refractivity contribution in [2.45, 2.75) is 6.92 Å². The predicted molar refractivity (Wildman–Crippen MR) is 43.2 cm³/mol.